The van der Waals surface area contributed by atoms with Gasteiger partial charge in [0.2, 0.25) is 11.1 Å². The zero-order valence-electron chi connectivity index (χ0n) is 14.3. The summed E-state index contributed by atoms with van der Waals surface area (Å²) in [5.41, 5.74) is 0.412. The molecule has 2 aromatic rings. The highest BCUT2D eigenvalue weighted by Crippen LogP contribution is 2.26. The fourth-order valence-electron chi connectivity index (χ4n) is 2.05. The smallest absolute Gasteiger partial charge is 0.406 e. The number of benzene rings is 1. The fraction of sp³-hybridized carbons (Fsp3) is 0.400. The number of amides is 1. The minimum Gasteiger partial charge on any atom is -0.406 e. The largest absolute Gasteiger partial charge is 0.573 e. The minimum atomic E-state index is -4.77. The van der Waals surface area contributed by atoms with Gasteiger partial charge in [-0.15, -0.1) is 18.3 Å². The van der Waals surface area contributed by atoms with Gasteiger partial charge in [-0.2, -0.15) is 9.94 Å². The molecule has 1 atom stereocenters. The van der Waals surface area contributed by atoms with E-state index in [0.717, 1.165) is 23.9 Å². The zero-order valence-corrected chi connectivity index (χ0v) is 15.2. The maximum atomic E-state index is 12.3. The van der Waals surface area contributed by atoms with Crippen molar-refractivity contribution < 1.29 is 22.7 Å². The van der Waals surface area contributed by atoms with Crippen molar-refractivity contribution in [2.45, 2.75) is 30.1 Å². The SMILES string of the molecule is C[C@@H](Sc1nnnn1-c1ccc(OC(F)(F)F)cc1)C(=O)N(C)CCC#N. The van der Waals surface area contributed by atoms with E-state index in [1.165, 1.54) is 21.7 Å². The van der Waals surface area contributed by atoms with Gasteiger partial charge in [-0.1, -0.05) is 11.8 Å². The normalized spacial score (nSPS) is 12.3. The molecule has 2 rings (SSSR count). The number of halogens is 3. The van der Waals surface area contributed by atoms with E-state index >= 15 is 0 Å². The standard InChI is InChI=1S/C15H15F3N6O2S/c1-10(13(25)23(2)9-3-8-19)27-14-20-21-22-24(14)11-4-6-12(7-5-11)26-15(16,17)18/h4-7,10H,3,9H2,1-2H3/t10-/m1/s1. The van der Waals surface area contributed by atoms with Crippen LogP contribution in [-0.2, 0) is 4.79 Å². The molecule has 27 heavy (non-hydrogen) atoms. The second-order valence-electron chi connectivity index (χ2n) is 5.34. The summed E-state index contributed by atoms with van der Waals surface area (Å²) >= 11 is 1.10. The van der Waals surface area contributed by atoms with E-state index in [1.54, 1.807) is 14.0 Å². The molecular weight excluding hydrogens is 385 g/mol. The predicted octanol–water partition coefficient (Wildman–Crippen LogP) is 2.41. The number of hydrogen-bond acceptors (Lipinski definition) is 7. The number of nitrogens with zero attached hydrogens (tertiary/aromatic N) is 6. The van der Waals surface area contributed by atoms with E-state index in [-0.39, 0.29) is 18.1 Å². The summed E-state index contributed by atoms with van der Waals surface area (Å²) in [6.07, 6.45) is -4.55. The van der Waals surface area contributed by atoms with Gasteiger partial charge in [-0.05, 0) is 41.6 Å². The lowest BCUT2D eigenvalue weighted by atomic mass is 10.3. The van der Waals surface area contributed by atoms with Gasteiger partial charge in [0.25, 0.3) is 0 Å². The molecule has 0 N–H and O–H groups in total. The second kappa shape index (κ2) is 8.72. The molecule has 1 aromatic carbocycles. The Bertz CT molecular complexity index is 818. The van der Waals surface area contributed by atoms with Crippen LogP contribution in [0.25, 0.3) is 5.69 Å². The third kappa shape index (κ3) is 5.85. The topological polar surface area (TPSA) is 96.9 Å². The van der Waals surface area contributed by atoms with Crippen LogP contribution in [0, 0.1) is 11.3 Å². The summed E-state index contributed by atoms with van der Waals surface area (Å²) in [5, 5.41) is 19.6. The molecule has 0 fully saturated rings. The first-order valence-electron chi connectivity index (χ1n) is 7.64. The van der Waals surface area contributed by atoms with Gasteiger partial charge in [0, 0.05) is 13.6 Å². The number of hydrogen-bond donors (Lipinski definition) is 0. The lowest BCUT2D eigenvalue weighted by Gasteiger charge is -2.19. The maximum Gasteiger partial charge on any atom is 0.573 e. The van der Waals surface area contributed by atoms with Crippen molar-refractivity contribution in [1.82, 2.24) is 25.1 Å². The molecule has 0 radical (unpaired) electrons. The number of alkyl halides is 3. The first-order chi connectivity index (χ1) is 12.7. The molecular formula is C15H15F3N6O2S. The van der Waals surface area contributed by atoms with Crippen LogP contribution in [-0.4, -0.2) is 56.2 Å². The average molecular weight is 400 g/mol. The molecule has 1 amide bonds. The molecule has 0 bridgehead atoms. The van der Waals surface area contributed by atoms with Crippen molar-refractivity contribution in [2.75, 3.05) is 13.6 Å². The molecule has 8 nitrogen and oxygen atoms in total. The quantitative estimate of drug-likeness (QED) is 0.659. The number of carbonyl (C=O) groups excluding carboxylic acids is 1. The van der Waals surface area contributed by atoms with Crippen LogP contribution in [0.4, 0.5) is 13.2 Å². The molecule has 0 spiro atoms. The predicted molar refractivity (Wildman–Crippen MR) is 89.0 cm³/mol. The van der Waals surface area contributed by atoms with Gasteiger partial charge >= 0.3 is 6.36 Å². The lowest BCUT2D eigenvalue weighted by Crippen LogP contribution is -2.34. The summed E-state index contributed by atoms with van der Waals surface area (Å²) in [6, 6.07) is 6.99. The van der Waals surface area contributed by atoms with Gasteiger partial charge in [0.1, 0.15) is 5.75 Å². The van der Waals surface area contributed by atoms with E-state index in [0.29, 0.717) is 17.4 Å². The van der Waals surface area contributed by atoms with Crippen LogP contribution in [0.1, 0.15) is 13.3 Å². The highest BCUT2D eigenvalue weighted by atomic mass is 32.2. The highest BCUT2D eigenvalue weighted by molar-refractivity contribution is 8.00. The first kappa shape index (κ1) is 20.5. The maximum absolute atomic E-state index is 12.3. The Balaban J connectivity index is 2.09. The van der Waals surface area contributed by atoms with Crippen LogP contribution in [0.15, 0.2) is 29.4 Å². The summed E-state index contributed by atoms with van der Waals surface area (Å²) in [7, 11) is 1.60. The van der Waals surface area contributed by atoms with Crippen molar-refractivity contribution in [2.24, 2.45) is 0 Å². The van der Waals surface area contributed by atoms with Crippen LogP contribution in [0.3, 0.4) is 0 Å². The number of rotatable bonds is 7. The number of nitriles is 1. The van der Waals surface area contributed by atoms with Crippen LogP contribution in [0.5, 0.6) is 5.75 Å². The number of thioether (sulfide) groups is 1. The van der Waals surface area contributed by atoms with Gasteiger partial charge in [-0.25, -0.2) is 0 Å². The van der Waals surface area contributed by atoms with Crippen LogP contribution < -0.4 is 4.74 Å². The Morgan fingerprint density at radius 2 is 2.07 bits per heavy atom. The lowest BCUT2D eigenvalue weighted by molar-refractivity contribution is -0.274. The Morgan fingerprint density at radius 1 is 1.41 bits per heavy atom. The van der Waals surface area contributed by atoms with Crippen LogP contribution >= 0.6 is 11.8 Å². The number of aromatic nitrogens is 4. The minimum absolute atomic E-state index is 0.196. The number of carbonyl (C=O) groups is 1. The Morgan fingerprint density at radius 3 is 2.67 bits per heavy atom. The monoisotopic (exact) mass is 400 g/mol. The molecule has 12 heteroatoms. The number of ether oxygens (including phenoxy) is 1. The van der Waals surface area contributed by atoms with E-state index in [9.17, 15) is 18.0 Å². The Kier molecular flexibility index (Phi) is 6.62. The molecule has 1 aromatic heterocycles. The van der Waals surface area contributed by atoms with Crippen molar-refractivity contribution in [3.05, 3.63) is 24.3 Å². The van der Waals surface area contributed by atoms with Crippen molar-refractivity contribution >= 4 is 17.7 Å². The van der Waals surface area contributed by atoms with Crippen LogP contribution in [0.2, 0.25) is 0 Å². The average Bonchev–Trinajstić information content (AvgIpc) is 3.06. The second-order valence-corrected chi connectivity index (χ2v) is 6.65. The van der Waals surface area contributed by atoms with E-state index in [2.05, 4.69) is 20.3 Å². The summed E-state index contributed by atoms with van der Waals surface area (Å²) in [6.45, 7) is 1.99. The summed E-state index contributed by atoms with van der Waals surface area (Å²) < 4.78 is 41.8. The number of tetrazole rings is 1. The van der Waals surface area contributed by atoms with E-state index < -0.39 is 11.6 Å². The van der Waals surface area contributed by atoms with Gasteiger partial charge in [0.15, 0.2) is 0 Å². The van der Waals surface area contributed by atoms with Crippen molar-refractivity contribution in [3.8, 4) is 17.5 Å². The van der Waals surface area contributed by atoms with Gasteiger partial charge < -0.3 is 9.64 Å². The highest BCUT2D eigenvalue weighted by Gasteiger charge is 2.31. The van der Waals surface area contributed by atoms with Crippen molar-refractivity contribution in [1.29, 1.82) is 5.26 Å². The third-order valence-corrected chi connectivity index (χ3v) is 4.34. The molecule has 0 saturated heterocycles. The molecule has 1 heterocycles. The first-order valence-corrected chi connectivity index (χ1v) is 8.52. The molecule has 0 unspecified atom stereocenters. The zero-order chi connectivity index (χ0) is 20.0. The molecule has 0 saturated carbocycles. The van der Waals surface area contributed by atoms with Gasteiger partial charge in [0.05, 0.1) is 23.4 Å². The summed E-state index contributed by atoms with van der Waals surface area (Å²) in [4.78, 5) is 13.7. The Labute approximate surface area is 156 Å². The van der Waals surface area contributed by atoms with E-state index in [4.69, 9.17) is 5.26 Å². The molecule has 0 aliphatic carbocycles. The third-order valence-electron chi connectivity index (χ3n) is 3.32. The molecule has 0 aliphatic rings. The Hall–Kier alpha value is -2.81. The van der Waals surface area contributed by atoms with Gasteiger partial charge in [-0.3, -0.25) is 4.79 Å². The summed E-state index contributed by atoms with van der Waals surface area (Å²) in [5.74, 6) is -0.560. The molecule has 144 valence electrons. The van der Waals surface area contributed by atoms with E-state index in [1.807, 2.05) is 6.07 Å². The molecule has 0 aliphatic heterocycles. The fourth-order valence-corrected chi connectivity index (χ4v) is 2.97. The van der Waals surface area contributed by atoms with Crippen molar-refractivity contribution in [3.63, 3.8) is 0 Å².